The Hall–Kier alpha value is -0.830. The molecule has 15 heavy (non-hydrogen) atoms. The molecular weight excluding hydrogens is 186 g/mol. The lowest BCUT2D eigenvalue weighted by Crippen LogP contribution is -2.35. The maximum Gasteiger partial charge on any atom is 0.108 e. The largest absolute Gasteiger partial charge is 0.335 e. The van der Waals surface area contributed by atoms with E-state index in [4.69, 9.17) is 0 Å². The molecule has 0 bridgehead atoms. The van der Waals surface area contributed by atoms with Crippen LogP contribution >= 0.6 is 0 Å². The quantitative estimate of drug-likeness (QED) is 0.796. The van der Waals surface area contributed by atoms with E-state index < -0.39 is 0 Å². The third-order valence-electron chi connectivity index (χ3n) is 3.63. The molecule has 1 N–H and O–H groups in total. The summed E-state index contributed by atoms with van der Waals surface area (Å²) in [6.45, 7) is 4.38. The molecule has 1 aliphatic carbocycles. The first kappa shape index (κ1) is 10.7. The fraction of sp³-hybridized carbons (Fsp3) is 0.750. The van der Waals surface area contributed by atoms with Gasteiger partial charge in [-0.05, 0) is 45.2 Å². The highest BCUT2D eigenvalue weighted by molar-refractivity contribution is 4.97. The molecule has 1 heterocycles. The van der Waals surface area contributed by atoms with Gasteiger partial charge in [-0.25, -0.2) is 4.98 Å². The van der Waals surface area contributed by atoms with E-state index in [0.717, 1.165) is 31.3 Å². The molecule has 3 nitrogen and oxygen atoms in total. The molecule has 2 rings (SSSR count). The lowest BCUT2D eigenvalue weighted by Gasteiger charge is -2.36. The molecule has 1 aliphatic rings. The summed E-state index contributed by atoms with van der Waals surface area (Å²) in [4.78, 5) is 4.45. The molecule has 0 amide bonds. The monoisotopic (exact) mass is 207 g/mol. The normalized spacial score (nSPS) is 25.2. The van der Waals surface area contributed by atoms with Crippen LogP contribution in [0.3, 0.4) is 0 Å². The zero-order valence-electron chi connectivity index (χ0n) is 9.74. The number of aryl methyl sites for hydroxylation is 1. The van der Waals surface area contributed by atoms with Crippen molar-refractivity contribution >= 4 is 0 Å². The van der Waals surface area contributed by atoms with Crippen molar-refractivity contribution < 1.29 is 0 Å². The van der Waals surface area contributed by atoms with Gasteiger partial charge < -0.3 is 9.88 Å². The van der Waals surface area contributed by atoms with Crippen LogP contribution in [0.25, 0.3) is 0 Å². The summed E-state index contributed by atoms with van der Waals surface area (Å²) >= 11 is 0. The summed E-state index contributed by atoms with van der Waals surface area (Å²) in [5.74, 6) is 2.99. The molecule has 1 saturated carbocycles. The van der Waals surface area contributed by atoms with Gasteiger partial charge in [-0.2, -0.15) is 0 Å². The summed E-state index contributed by atoms with van der Waals surface area (Å²) in [6, 6.07) is 0. The zero-order valence-corrected chi connectivity index (χ0v) is 9.74. The molecule has 2 atom stereocenters. The van der Waals surface area contributed by atoms with Gasteiger partial charge in [-0.1, -0.05) is 0 Å². The van der Waals surface area contributed by atoms with Crippen LogP contribution in [-0.4, -0.2) is 23.1 Å². The third-order valence-corrected chi connectivity index (χ3v) is 3.63. The molecule has 1 fully saturated rings. The van der Waals surface area contributed by atoms with Gasteiger partial charge in [0.15, 0.2) is 0 Å². The van der Waals surface area contributed by atoms with E-state index in [1.165, 1.54) is 18.7 Å². The van der Waals surface area contributed by atoms with Gasteiger partial charge in [0.25, 0.3) is 0 Å². The van der Waals surface area contributed by atoms with Crippen LogP contribution in [0.5, 0.6) is 0 Å². The van der Waals surface area contributed by atoms with Crippen LogP contribution in [-0.2, 0) is 13.0 Å². The van der Waals surface area contributed by atoms with E-state index in [-0.39, 0.29) is 0 Å². The first-order valence-corrected chi connectivity index (χ1v) is 5.99. The highest BCUT2D eigenvalue weighted by Crippen LogP contribution is 2.35. The van der Waals surface area contributed by atoms with Crippen LogP contribution in [0.4, 0.5) is 0 Å². The van der Waals surface area contributed by atoms with Crippen molar-refractivity contribution in [3.63, 3.8) is 0 Å². The number of rotatable bonds is 5. The first-order valence-electron chi connectivity index (χ1n) is 5.99. The predicted molar refractivity (Wildman–Crippen MR) is 61.7 cm³/mol. The van der Waals surface area contributed by atoms with Crippen LogP contribution in [0.2, 0.25) is 0 Å². The summed E-state index contributed by atoms with van der Waals surface area (Å²) in [7, 11) is 2.04. The minimum absolute atomic E-state index is 0.852. The van der Waals surface area contributed by atoms with E-state index >= 15 is 0 Å². The molecule has 0 aromatic carbocycles. The second-order valence-corrected chi connectivity index (χ2v) is 4.49. The molecule has 0 spiro atoms. The molecule has 2 unspecified atom stereocenters. The lowest BCUT2D eigenvalue weighted by molar-refractivity contribution is 0.170. The summed E-state index contributed by atoms with van der Waals surface area (Å²) in [6.07, 6.45) is 7.93. The maximum absolute atomic E-state index is 4.45. The topological polar surface area (TPSA) is 29.9 Å². The van der Waals surface area contributed by atoms with E-state index in [0.29, 0.717) is 0 Å². The number of imidazole rings is 1. The number of hydrogen-bond acceptors (Lipinski definition) is 2. The second kappa shape index (κ2) is 4.79. The molecule has 1 aromatic heterocycles. The highest BCUT2D eigenvalue weighted by atomic mass is 15.1. The van der Waals surface area contributed by atoms with Gasteiger partial charge in [0.05, 0.1) is 0 Å². The summed E-state index contributed by atoms with van der Waals surface area (Å²) in [5, 5.41) is 3.28. The van der Waals surface area contributed by atoms with Gasteiger partial charge in [0, 0.05) is 25.4 Å². The van der Waals surface area contributed by atoms with Crippen molar-refractivity contribution in [2.24, 2.45) is 11.8 Å². The molecule has 1 aromatic rings. The average molecular weight is 207 g/mol. The lowest BCUT2D eigenvalue weighted by atomic mass is 9.72. The van der Waals surface area contributed by atoms with E-state index in [2.05, 4.69) is 28.0 Å². The minimum atomic E-state index is 0.852. The highest BCUT2D eigenvalue weighted by Gasteiger charge is 2.30. The van der Waals surface area contributed by atoms with Crippen molar-refractivity contribution in [1.82, 2.24) is 14.9 Å². The first-order chi connectivity index (χ1) is 7.35. The summed E-state index contributed by atoms with van der Waals surface area (Å²) in [5.41, 5.74) is 0. The van der Waals surface area contributed by atoms with Crippen molar-refractivity contribution in [3.05, 3.63) is 18.2 Å². The second-order valence-electron chi connectivity index (χ2n) is 4.49. The Labute approximate surface area is 91.9 Å². The molecule has 0 saturated heterocycles. The fourth-order valence-electron chi connectivity index (χ4n) is 2.49. The van der Waals surface area contributed by atoms with E-state index in [9.17, 15) is 0 Å². The Bertz CT molecular complexity index is 306. The van der Waals surface area contributed by atoms with Crippen molar-refractivity contribution in [1.29, 1.82) is 0 Å². The Morgan fingerprint density at radius 1 is 1.47 bits per heavy atom. The van der Waals surface area contributed by atoms with Crippen LogP contribution in [0.15, 0.2) is 12.4 Å². The Balaban J connectivity index is 1.91. The average Bonchev–Trinajstić information content (AvgIpc) is 2.68. The zero-order chi connectivity index (χ0) is 10.7. The van der Waals surface area contributed by atoms with Gasteiger partial charge in [0.2, 0.25) is 0 Å². The molecule has 0 aliphatic heterocycles. The molecular formula is C12H21N3. The number of hydrogen-bond donors (Lipinski definition) is 1. The third kappa shape index (κ3) is 2.23. The molecule has 84 valence electrons. The number of nitrogens with one attached hydrogen (secondary N) is 1. The van der Waals surface area contributed by atoms with Gasteiger partial charge in [-0.3, -0.25) is 0 Å². The fourth-order valence-corrected chi connectivity index (χ4v) is 2.49. The van der Waals surface area contributed by atoms with Crippen LogP contribution in [0, 0.1) is 11.8 Å². The SMILES string of the molecule is CCn1ccnc1CC1CCC1CNC. The van der Waals surface area contributed by atoms with Crippen molar-refractivity contribution in [2.45, 2.75) is 32.7 Å². The maximum atomic E-state index is 4.45. The van der Waals surface area contributed by atoms with Gasteiger partial charge in [-0.15, -0.1) is 0 Å². The Morgan fingerprint density at radius 3 is 2.87 bits per heavy atom. The van der Waals surface area contributed by atoms with Crippen molar-refractivity contribution in [3.8, 4) is 0 Å². The molecule has 3 heteroatoms. The standard InChI is InChI=1S/C12H21N3/c1-3-15-7-6-14-12(15)8-10-4-5-11(10)9-13-2/h6-7,10-11,13H,3-5,8-9H2,1-2H3. The Kier molecular flexibility index (Phi) is 3.41. The number of aromatic nitrogens is 2. The smallest absolute Gasteiger partial charge is 0.108 e. The van der Waals surface area contributed by atoms with Crippen LogP contribution < -0.4 is 5.32 Å². The Morgan fingerprint density at radius 2 is 2.27 bits per heavy atom. The summed E-state index contributed by atoms with van der Waals surface area (Å²) < 4.78 is 2.26. The van der Waals surface area contributed by atoms with Crippen molar-refractivity contribution in [2.75, 3.05) is 13.6 Å². The van der Waals surface area contributed by atoms with E-state index in [1.54, 1.807) is 0 Å². The van der Waals surface area contributed by atoms with Crippen LogP contribution in [0.1, 0.15) is 25.6 Å². The molecule has 0 radical (unpaired) electrons. The predicted octanol–water partition coefficient (Wildman–Crippen LogP) is 1.69. The van der Waals surface area contributed by atoms with Gasteiger partial charge in [0.1, 0.15) is 5.82 Å². The van der Waals surface area contributed by atoms with Gasteiger partial charge >= 0.3 is 0 Å². The number of nitrogens with zero attached hydrogens (tertiary/aromatic N) is 2. The minimum Gasteiger partial charge on any atom is -0.335 e. The van der Waals surface area contributed by atoms with E-state index in [1.807, 2.05) is 13.2 Å².